The van der Waals surface area contributed by atoms with Gasteiger partial charge in [0.2, 0.25) is 0 Å². The Morgan fingerprint density at radius 2 is 1.65 bits per heavy atom. The molecule has 0 atom stereocenters. The van der Waals surface area contributed by atoms with Gasteiger partial charge in [0.05, 0.1) is 24.3 Å². The van der Waals surface area contributed by atoms with Crippen molar-refractivity contribution in [3.63, 3.8) is 0 Å². The molecule has 0 unspecified atom stereocenters. The summed E-state index contributed by atoms with van der Waals surface area (Å²) in [4.78, 5) is 26.8. The van der Waals surface area contributed by atoms with Crippen LogP contribution in [0.2, 0.25) is 0 Å². The second kappa shape index (κ2) is 8.86. The Morgan fingerprint density at radius 3 is 2.27 bits per heavy atom. The number of nitrogens with two attached hydrogens (primary N) is 1. The van der Waals surface area contributed by atoms with Gasteiger partial charge in [-0.05, 0) is 54.5 Å². The summed E-state index contributed by atoms with van der Waals surface area (Å²) in [7, 11) is 0. The number of terminal acetylenes is 1. The highest BCUT2D eigenvalue weighted by Crippen LogP contribution is 2.49. The van der Waals surface area contributed by atoms with E-state index in [-0.39, 0.29) is 22.9 Å². The molecule has 2 aliphatic carbocycles. The van der Waals surface area contributed by atoms with E-state index in [0.717, 1.165) is 54.2 Å². The van der Waals surface area contributed by atoms with E-state index in [0.29, 0.717) is 38.1 Å². The van der Waals surface area contributed by atoms with Crippen molar-refractivity contribution >= 4 is 22.7 Å². The molecule has 37 heavy (non-hydrogen) atoms. The highest BCUT2D eigenvalue weighted by Gasteiger charge is 2.49. The molecule has 3 N–H and O–H groups in total. The van der Waals surface area contributed by atoms with Gasteiger partial charge in [-0.1, -0.05) is 61.6 Å². The number of amides is 1. The number of nitrogens with one attached hydrogen (secondary N) is 1. The summed E-state index contributed by atoms with van der Waals surface area (Å²) < 4.78 is 11.3. The zero-order valence-electron chi connectivity index (χ0n) is 21.0. The lowest BCUT2D eigenvalue weighted by Crippen LogP contribution is -2.56. The number of furan rings is 1. The first-order chi connectivity index (χ1) is 17.8. The molecule has 3 aliphatic rings. The second-order valence-electron chi connectivity index (χ2n) is 11.2. The summed E-state index contributed by atoms with van der Waals surface area (Å²) in [5.74, 6) is 2.74. The predicted octanol–water partition coefficient (Wildman–Crippen LogP) is 5.09. The Kier molecular flexibility index (Phi) is 5.74. The predicted molar refractivity (Wildman–Crippen MR) is 142 cm³/mol. The number of carbonyl (C=O) groups excluding carboxylic acids is 2. The molecule has 0 spiro atoms. The fourth-order valence-corrected chi connectivity index (χ4v) is 5.71. The fraction of sp³-hybridized carbons (Fsp3) is 0.419. The number of benzene rings is 2. The van der Waals surface area contributed by atoms with Crippen LogP contribution in [0.25, 0.3) is 22.1 Å². The number of hydrogen-bond acceptors (Lipinski definition) is 5. The van der Waals surface area contributed by atoms with Crippen LogP contribution in [-0.4, -0.2) is 30.4 Å². The lowest BCUT2D eigenvalue weighted by atomic mass is 9.75. The average Bonchev–Trinajstić information content (AvgIpc) is 3.54. The molecule has 1 aliphatic heterocycles. The number of ketones is 1. The Labute approximate surface area is 216 Å². The SMILES string of the molecule is C#CC1(CC(=O)C2(NC(=O)c3cc4ccc(-c5ccc(C6(N)COC6)cc5)cc4o3)CCCCC2)CC1. The third kappa shape index (κ3) is 4.37. The molecule has 3 aromatic rings. The Hall–Kier alpha value is -3.40. The Balaban J connectivity index is 1.22. The first-order valence-electron chi connectivity index (χ1n) is 13.2. The number of rotatable bonds is 7. The van der Waals surface area contributed by atoms with Crippen molar-refractivity contribution in [3.05, 3.63) is 59.9 Å². The van der Waals surface area contributed by atoms with Crippen molar-refractivity contribution in [2.45, 2.75) is 62.4 Å². The summed E-state index contributed by atoms with van der Waals surface area (Å²) in [6.07, 6.45) is 12.0. The minimum absolute atomic E-state index is 0.0607. The smallest absolute Gasteiger partial charge is 0.287 e. The van der Waals surface area contributed by atoms with Crippen molar-refractivity contribution in [1.82, 2.24) is 5.32 Å². The topological polar surface area (TPSA) is 94.6 Å². The van der Waals surface area contributed by atoms with Crippen molar-refractivity contribution in [2.75, 3.05) is 13.2 Å². The van der Waals surface area contributed by atoms with Crippen LogP contribution in [0, 0.1) is 17.8 Å². The summed E-state index contributed by atoms with van der Waals surface area (Å²) in [5, 5.41) is 3.93. The Morgan fingerprint density at radius 1 is 0.946 bits per heavy atom. The number of fused-ring (bicyclic) bond motifs is 1. The van der Waals surface area contributed by atoms with Gasteiger partial charge in [-0.25, -0.2) is 0 Å². The van der Waals surface area contributed by atoms with Gasteiger partial charge in [-0.3, -0.25) is 9.59 Å². The van der Waals surface area contributed by atoms with Gasteiger partial charge in [-0.15, -0.1) is 6.42 Å². The zero-order chi connectivity index (χ0) is 25.7. The summed E-state index contributed by atoms with van der Waals surface area (Å²) >= 11 is 0. The van der Waals surface area contributed by atoms with E-state index >= 15 is 0 Å². The second-order valence-corrected chi connectivity index (χ2v) is 11.2. The molecule has 2 heterocycles. The van der Waals surface area contributed by atoms with Crippen LogP contribution in [0.5, 0.6) is 0 Å². The van der Waals surface area contributed by atoms with Gasteiger partial charge in [0.15, 0.2) is 11.5 Å². The maximum Gasteiger partial charge on any atom is 0.287 e. The third-order valence-corrected chi connectivity index (χ3v) is 8.51. The van der Waals surface area contributed by atoms with Crippen molar-refractivity contribution in [1.29, 1.82) is 0 Å². The largest absolute Gasteiger partial charge is 0.451 e. The van der Waals surface area contributed by atoms with Crippen molar-refractivity contribution in [3.8, 4) is 23.5 Å². The summed E-state index contributed by atoms with van der Waals surface area (Å²) in [6, 6.07) is 15.8. The van der Waals surface area contributed by atoms with E-state index in [1.54, 1.807) is 6.07 Å². The molecule has 2 saturated carbocycles. The zero-order valence-corrected chi connectivity index (χ0v) is 21.0. The quantitative estimate of drug-likeness (QED) is 0.445. The molecule has 1 aromatic heterocycles. The molecule has 6 heteroatoms. The van der Waals surface area contributed by atoms with Crippen LogP contribution < -0.4 is 11.1 Å². The summed E-state index contributed by atoms with van der Waals surface area (Å²) in [5.41, 5.74) is 8.48. The first kappa shape index (κ1) is 24.0. The van der Waals surface area contributed by atoms with E-state index < -0.39 is 11.1 Å². The van der Waals surface area contributed by atoms with Gasteiger partial charge < -0.3 is 20.2 Å². The van der Waals surface area contributed by atoms with Gasteiger partial charge in [-0.2, -0.15) is 0 Å². The highest BCUT2D eigenvalue weighted by atomic mass is 16.5. The molecular weight excluding hydrogens is 464 g/mol. The van der Waals surface area contributed by atoms with Crippen LogP contribution in [0.1, 0.15) is 67.5 Å². The third-order valence-electron chi connectivity index (χ3n) is 8.51. The lowest BCUT2D eigenvalue weighted by molar-refractivity contribution is -0.127. The molecule has 2 aromatic carbocycles. The van der Waals surface area contributed by atoms with Gasteiger partial charge in [0, 0.05) is 17.2 Å². The van der Waals surface area contributed by atoms with Crippen molar-refractivity contribution in [2.24, 2.45) is 11.1 Å². The molecule has 0 radical (unpaired) electrons. The van der Waals surface area contributed by atoms with Gasteiger partial charge in [0.25, 0.3) is 5.91 Å². The minimum Gasteiger partial charge on any atom is -0.451 e. The highest BCUT2D eigenvalue weighted by molar-refractivity contribution is 6.01. The number of hydrogen-bond donors (Lipinski definition) is 2. The van der Waals surface area contributed by atoms with E-state index in [1.807, 2.05) is 42.5 Å². The molecule has 190 valence electrons. The molecule has 0 bridgehead atoms. The van der Waals surface area contributed by atoms with E-state index in [2.05, 4.69) is 11.2 Å². The van der Waals surface area contributed by atoms with Gasteiger partial charge >= 0.3 is 0 Å². The minimum atomic E-state index is -0.862. The maximum absolute atomic E-state index is 13.4. The molecule has 1 amide bonds. The lowest BCUT2D eigenvalue weighted by Gasteiger charge is -2.38. The molecule has 6 nitrogen and oxygen atoms in total. The normalized spacial score (nSPS) is 21.0. The molecule has 6 rings (SSSR count). The number of carbonyl (C=O) groups is 2. The Bertz CT molecular complexity index is 1400. The number of ether oxygens (including phenoxy) is 1. The standard InChI is InChI=1S/C31H32N2O4/c1-2-29(14-15-29)18-27(34)31(12-4-3-5-13-31)33-28(35)26-17-23-7-6-22(16-25(23)37-26)21-8-10-24(11-9-21)30(32)19-36-20-30/h1,6-11,16-17H,3-5,12-15,18-20,32H2,(H,33,35). The first-order valence-corrected chi connectivity index (χ1v) is 13.2. The van der Waals surface area contributed by atoms with E-state index in [9.17, 15) is 9.59 Å². The number of Topliss-reactive ketones (excluding diaryl/α,β-unsaturated/α-hetero) is 1. The van der Waals surface area contributed by atoms with E-state index in [4.69, 9.17) is 21.3 Å². The van der Waals surface area contributed by atoms with Crippen LogP contribution in [0.15, 0.2) is 52.9 Å². The molecular formula is C31H32N2O4. The van der Waals surface area contributed by atoms with Crippen LogP contribution >= 0.6 is 0 Å². The van der Waals surface area contributed by atoms with E-state index in [1.165, 1.54) is 0 Å². The van der Waals surface area contributed by atoms with Crippen LogP contribution in [-0.2, 0) is 15.1 Å². The van der Waals surface area contributed by atoms with Crippen molar-refractivity contribution < 1.29 is 18.7 Å². The average molecular weight is 497 g/mol. The molecule has 3 fully saturated rings. The van der Waals surface area contributed by atoms with Crippen LogP contribution in [0.4, 0.5) is 0 Å². The van der Waals surface area contributed by atoms with Crippen LogP contribution in [0.3, 0.4) is 0 Å². The van der Waals surface area contributed by atoms with Gasteiger partial charge in [0.1, 0.15) is 5.58 Å². The monoisotopic (exact) mass is 496 g/mol. The fourth-order valence-electron chi connectivity index (χ4n) is 5.71. The summed E-state index contributed by atoms with van der Waals surface area (Å²) in [6.45, 7) is 1.07. The molecule has 1 saturated heterocycles. The maximum atomic E-state index is 13.4.